The molecule has 0 aliphatic heterocycles. The van der Waals surface area contributed by atoms with E-state index in [4.69, 9.17) is 0 Å². The second-order valence-electron chi connectivity index (χ2n) is 7.37. The highest BCUT2D eigenvalue weighted by atomic mass is 16.2. The summed E-state index contributed by atoms with van der Waals surface area (Å²) in [6.07, 6.45) is 0. The Bertz CT molecular complexity index is 924. The third kappa shape index (κ3) is 5.17. The molecule has 2 N–H and O–H groups in total. The summed E-state index contributed by atoms with van der Waals surface area (Å²) in [7, 11) is 7.85. The summed E-state index contributed by atoms with van der Waals surface area (Å²) in [6.45, 7) is 0. The number of rotatable bonds is 6. The topological polar surface area (TPSA) is 64.7 Å². The van der Waals surface area contributed by atoms with Gasteiger partial charge in [0, 0.05) is 62.1 Å². The van der Waals surface area contributed by atoms with Crippen molar-refractivity contribution >= 4 is 34.6 Å². The molecule has 0 spiro atoms. The van der Waals surface area contributed by atoms with Gasteiger partial charge in [-0.1, -0.05) is 0 Å². The van der Waals surface area contributed by atoms with Crippen LogP contribution in [0.1, 0.15) is 20.7 Å². The van der Waals surface area contributed by atoms with Crippen LogP contribution in [0.5, 0.6) is 0 Å². The second-order valence-corrected chi connectivity index (χ2v) is 7.37. The van der Waals surface area contributed by atoms with E-state index in [9.17, 15) is 9.59 Å². The van der Waals surface area contributed by atoms with Crippen molar-refractivity contribution < 1.29 is 9.59 Å². The summed E-state index contributed by atoms with van der Waals surface area (Å²) in [5.41, 5.74) is 4.51. The van der Waals surface area contributed by atoms with Crippen LogP contribution in [-0.4, -0.2) is 40.0 Å². The summed E-state index contributed by atoms with van der Waals surface area (Å²) in [5.74, 6) is -0.447. The molecule has 2 amide bonds. The van der Waals surface area contributed by atoms with E-state index in [0.29, 0.717) is 22.5 Å². The highest BCUT2D eigenvalue weighted by Crippen LogP contribution is 2.18. The van der Waals surface area contributed by atoms with Gasteiger partial charge in [-0.15, -0.1) is 0 Å². The zero-order valence-corrected chi connectivity index (χ0v) is 17.6. The molecule has 0 saturated heterocycles. The van der Waals surface area contributed by atoms with E-state index >= 15 is 0 Å². The van der Waals surface area contributed by atoms with E-state index in [2.05, 4.69) is 10.6 Å². The molecule has 0 unspecified atom stereocenters. The van der Waals surface area contributed by atoms with E-state index in [1.54, 1.807) is 24.3 Å². The monoisotopic (exact) mass is 402 g/mol. The molecular weight excluding hydrogens is 376 g/mol. The molecule has 0 bridgehead atoms. The molecule has 0 aromatic heterocycles. The lowest BCUT2D eigenvalue weighted by atomic mass is 10.1. The minimum Gasteiger partial charge on any atom is -0.378 e. The fourth-order valence-corrected chi connectivity index (χ4v) is 2.87. The van der Waals surface area contributed by atoms with Gasteiger partial charge in [0.25, 0.3) is 11.8 Å². The number of carbonyl (C=O) groups is 2. The molecule has 0 aliphatic rings. The first-order valence-corrected chi connectivity index (χ1v) is 9.61. The molecule has 3 aromatic carbocycles. The second kappa shape index (κ2) is 9.13. The van der Waals surface area contributed by atoms with Crippen LogP contribution >= 0.6 is 0 Å². The van der Waals surface area contributed by atoms with Crippen molar-refractivity contribution in [2.45, 2.75) is 0 Å². The molecule has 6 nitrogen and oxygen atoms in total. The third-order valence-electron chi connectivity index (χ3n) is 4.69. The number of anilines is 4. The lowest BCUT2D eigenvalue weighted by Crippen LogP contribution is -2.15. The van der Waals surface area contributed by atoms with Gasteiger partial charge in [0.1, 0.15) is 0 Å². The lowest BCUT2D eigenvalue weighted by Gasteiger charge is -2.13. The van der Waals surface area contributed by atoms with E-state index in [0.717, 1.165) is 11.4 Å². The minimum atomic E-state index is -0.223. The fraction of sp³-hybridized carbons (Fsp3) is 0.167. The maximum absolute atomic E-state index is 12.5. The average molecular weight is 402 g/mol. The first-order chi connectivity index (χ1) is 14.3. The third-order valence-corrected chi connectivity index (χ3v) is 4.69. The van der Waals surface area contributed by atoms with Crippen molar-refractivity contribution in [1.29, 1.82) is 0 Å². The Kier molecular flexibility index (Phi) is 6.37. The predicted molar refractivity (Wildman–Crippen MR) is 124 cm³/mol. The Morgan fingerprint density at radius 1 is 0.533 bits per heavy atom. The van der Waals surface area contributed by atoms with E-state index in [-0.39, 0.29) is 11.8 Å². The van der Waals surface area contributed by atoms with Crippen LogP contribution in [-0.2, 0) is 0 Å². The van der Waals surface area contributed by atoms with Crippen molar-refractivity contribution in [3.63, 3.8) is 0 Å². The van der Waals surface area contributed by atoms with Gasteiger partial charge in [-0.05, 0) is 72.8 Å². The normalized spacial score (nSPS) is 10.3. The molecule has 154 valence electrons. The van der Waals surface area contributed by atoms with Crippen molar-refractivity contribution in [2.75, 3.05) is 48.6 Å². The fourth-order valence-electron chi connectivity index (χ4n) is 2.87. The highest BCUT2D eigenvalue weighted by molar-refractivity contribution is 6.07. The van der Waals surface area contributed by atoms with Crippen LogP contribution in [0, 0.1) is 0 Å². The zero-order chi connectivity index (χ0) is 21.7. The summed E-state index contributed by atoms with van der Waals surface area (Å²) in [5, 5.41) is 5.73. The van der Waals surface area contributed by atoms with Crippen LogP contribution in [0.2, 0.25) is 0 Å². The summed E-state index contributed by atoms with van der Waals surface area (Å²) in [4.78, 5) is 28.9. The first kappa shape index (κ1) is 20.9. The number of hydrogen-bond donors (Lipinski definition) is 2. The molecule has 0 aliphatic carbocycles. The smallest absolute Gasteiger partial charge is 0.255 e. The van der Waals surface area contributed by atoms with Crippen LogP contribution < -0.4 is 20.4 Å². The number of nitrogens with zero attached hydrogens (tertiary/aromatic N) is 2. The van der Waals surface area contributed by atoms with Crippen molar-refractivity contribution in [1.82, 2.24) is 0 Å². The number of hydrogen-bond acceptors (Lipinski definition) is 4. The number of benzene rings is 3. The largest absolute Gasteiger partial charge is 0.378 e. The Hall–Kier alpha value is -3.80. The van der Waals surface area contributed by atoms with Gasteiger partial charge in [-0.3, -0.25) is 9.59 Å². The Labute approximate surface area is 177 Å². The average Bonchev–Trinajstić information content (AvgIpc) is 2.74. The van der Waals surface area contributed by atoms with Gasteiger partial charge in [0.05, 0.1) is 0 Å². The van der Waals surface area contributed by atoms with E-state index in [1.807, 2.05) is 86.5 Å². The van der Waals surface area contributed by atoms with E-state index in [1.165, 1.54) is 0 Å². The van der Waals surface area contributed by atoms with Crippen LogP contribution in [0.3, 0.4) is 0 Å². The van der Waals surface area contributed by atoms with Gasteiger partial charge < -0.3 is 20.4 Å². The molecule has 6 heteroatoms. The summed E-state index contributed by atoms with van der Waals surface area (Å²) >= 11 is 0. The van der Waals surface area contributed by atoms with Gasteiger partial charge in [-0.25, -0.2) is 0 Å². The molecule has 0 saturated carbocycles. The highest BCUT2D eigenvalue weighted by Gasteiger charge is 2.10. The SMILES string of the molecule is CN(C)c1ccc(NC(=O)c2ccc(C(=O)Nc3ccc(N(C)C)cc3)cc2)cc1. The van der Waals surface area contributed by atoms with Gasteiger partial charge in [-0.2, -0.15) is 0 Å². The van der Waals surface area contributed by atoms with E-state index < -0.39 is 0 Å². The molecular formula is C24H26N4O2. The standard InChI is InChI=1S/C24H26N4O2/c1-27(2)21-13-9-19(10-14-21)25-23(29)17-5-7-18(8-6-17)24(30)26-20-11-15-22(16-12-20)28(3)4/h5-16H,1-4H3,(H,25,29)(H,26,30). The predicted octanol–water partition coefficient (Wildman–Crippen LogP) is 4.32. The maximum Gasteiger partial charge on any atom is 0.255 e. The van der Waals surface area contributed by atoms with Gasteiger partial charge >= 0.3 is 0 Å². The Morgan fingerprint density at radius 3 is 1.10 bits per heavy atom. The summed E-state index contributed by atoms with van der Waals surface area (Å²) in [6, 6.07) is 21.8. The molecule has 30 heavy (non-hydrogen) atoms. The minimum absolute atomic E-state index is 0.223. The number of amides is 2. The Morgan fingerprint density at radius 2 is 0.833 bits per heavy atom. The quantitative estimate of drug-likeness (QED) is 0.644. The maximum atomic E-state index is 12.5. The number of carbonyl (C=O) groups excluding carboxylic acids is 2. The van der Waals surface area contributed by atoms with Crippen molar-refractivity contribution in [3.05, 3.63) is 83.9 Å². The molecule has 3 rings (SSSR count). The van der Waals surface area contributed by atoms with Gasteiger partial charge in [0.2, 0.25) is 0 Å². The molecule has 0 heterocycles. The Balaban J connectivity index is 1.61. The molecule has 0 atom stereocenters. The van der Waals surface area contributed by atoms with Gasteiger partial charge in [0.15, 0.2) is 0 Å². The van der Waals surface area contributed by atoms with Crippen LogP contribution in [0.4, 0.5) is 22.7 Å². The molecule has 3 aromatic rings. The molecule has 0 radical (unpaired) electrons. The van der Waals surface area contributed by atoms with Crippen LogP contribution in [0.15, 0.2) is 72.8 Å². The zero-order valence-electron chi connectivity index (χ0n) is 17.6. The van der Waals surface area contributed by atoms with Crippen molar-refractivity contribution in [2.24, 2.45) is 0 Å². The summed E-state index contributed by atoms with van der Waals surface area (Å²) < 4.78 is 0. The van der Waals surface area contributed by atoms with Crippen LogP contribution in [0.25, 0.3) is 0 Å². The molecule has 0 fully saturated rings. The number of nitrogens with one attached hydrogen (secondary N) is 2. The lowest BCUT2D eigenvalue weighted by molar-refractivity contribution is 0.101. The first-order valence-electron chi connectivity index (χ1n) is 9.61. The van der Waals surface area contributed by atoms with Crippen molar-refractivity contribution in [3.8, 4) is 0 Å².